The molecule has 29 heavy (non-hydrogen) atoms. The van der Waals surface area contributed by atoms with Crippen molar-refractivity contribution in [3.8, 4) is 0 Å². The van der Waals surface area contributed by atoms with E-state index in [2.05, 4.69) is 47.3 Å². The molecule has 3 aromatic rings. The molecular formula is C20H26N7O2+. The number of aromatic nitrogens is 5. The first kappa shape index (κ1) is 19.3. The first-order valence-corrected chi connectivity index (χ1v) is 9.81. The molecule has 9 heteroatoms. The molecule has 0 spiro atoms. The molecule has 9 nitrogen and oxygen atoms in total. The lowest BCUT2D eigenvalue weighted by Gasteiger charge is -2.36. The number of quaternary nitrogens is 1. The van der Waals surface area contributed by atoms with E-state index < -0.39 is 0 Å². The molecule has 1 N–H and O–H groups in total. The number of hydrogen-bond donors (Lipinski definition) is 1. The number of amides is 1. The molecule has 0 radical (unpaired) electrons. The second kappa shape index (κ2) is 7.75. The number of carbonyl (C=O) groups is 1. The normalized spacial score (nSPS) is 16.7. The van der Waals surface area contributed by atoms with Crippen LogP contribution in [0.2, 0.25) is 0 Å². The summed E-state index contributed by atoms with van der Waals surface area (Å²) in [5.74, 6) is 1.13. The van der Waals surface area contributed by atoms with Crippen LogP contribution >= 0.6 is 0 Å². The number of carbonyl (C=O) groups excluding carboxylic acids is 1. The number of piperazine rings is 1. The SMILES string of the molecule is CC(C)(C)n1nnnc1[C@H](c1cccnc1)[NH+]1CCN(C(=O)c2ccco2)CC1. The highest BCUT2D eigenvalue weighted by atomic mass is 16.3. The number of hydrogen-bond acceptors (Lipinski definition) is 6. The van der Waals surface area contributed by atoms with E-state index in [1.807, 2.05) is 21.8 Å². The second-order valence-electron chi connectivity index (χ2n) is 8.27. The fourth-order valence-corrected chi connectivity index (χ4v) is 3.81. The number of nitrogens with zero attached hydrogens (tertiary/aromatic N) is 6. The van der Waals surface area contributed by atoms with Crippen LogP contribution < -0.4 is 4.90 Å². The third-order valence-electron chi connectivity index (χ3n) is 5.24. The Morgan fingerprint density at radius 1 is 1.21 bits per heavy atom. The zero-order chi connectivity index (χ0) is 20.4. The smallest absolute Gasteiger partial charge is 0.289 e. The largest absolute Gasteiger partial charge is 0.459 e. The van der Waals surface area contributed by atoms with Crippen molar-refractivity contribution >= 4 is 5.91 Å². The lowest BCUT2D eigenvalue weighted by molar-refractivity contribution is -0.930. The van der Waals surface area contributed by atoms with Crippen LogP contribution in [-0.2, 0) is 5.54 Å². The van der Waals surface area contributed by atoms with Gasteiger partial charge in [-0.15, -0.1) is 5.10 Å². The molecule has 1 saturated heterocycles. The Hall–Kier alpha value is -3.07. The Labute approximate surface area is 169 Å². The predicted octanol–water partition coefficient (Wildman–Crippen LogP) is 0.546. The van der Waals surface area contributed by atoms with E-state index in [0.717, 1.165) is 24.5 Å². The maximum Gasteiger partial charge on any atom is 0.289 e. The van der Waals surface area contributed by atoms with Gasteiger partial charge < -0.3 is 14.2 Å². The molecule has 1 aliphatic heterocycles. The van der Waals surface area contributed by atoms with Crippen LogP contribution in [0.1, 0.15) is 48.8 Å². The van der Waals surface area contributed by atoms with Gasteiger partial charge in [-0.05, 0) is 55.5 Å². The zero-order valence-electron chi connectivity index (χ0n) is 16.9. The summed E-state index contributed by atoms with van der Waals surface area (Å²) in [4.78, 5) is 20.1. The summed E-state index contributed by atoms with van der Waals surface area (Å²) >= 11 is 0. The summed E-state index contributed by atoms with van der Waals surface area (Å²) in [5.41, 5.74) is 0.823. The zero-order valence-corrected chi connectivity index (χ0v) is 16.9. The monoisotopic (exact) mass is 396 g/mol. The molecule has 1 amide bonds. The van der Waals surface area contributed by atoms with Crippen molar-refractivity contribution in [2.75, 3.05) is 26.2 Å². The Bertz CT molecular complexity index is 939. The van der Waals surface area contributed by atoms with Crippen LogP contribution in [0.4, 0.5) is 0 Å². The van der Waals surface area contributed by atoms with Crippen LogP contribution in [0.25, 0.3) is 0 Å². The van der Waals surface area contributed by atoms with Gasteiger partial charge in [-0.25, -0.2) is 4.68 Å². The van der Waals surface area contributed by atoms with Crippen molar-refractivity contribution in [2.45, 2.75) is 32.4 Å². The Balaban J connectivity index is 1.59. The average molecular weight is 396 g/mol. The highest BCUT2D eigenvalue weighted by Gasteiger charge is 2.37. The average Bonchev–Trinajstić information content (AvgIpc) is 3.41. The standard InChI is InChI=1S/C20H25N7O2/c1-20(2,3)27-18(22-23-24-27)17(15-6-4-8-21-14-15)25-9-11-26(12-10-25)19(28)16-7-5-13-29-16/h4-8,13-14,17H,9-12H2,1-3H3/p+1/t17-/m0/s1. The predicted molar refractivity (Wildman–Crippen MR) is 104 cm³/mol. The second-order valence-corrected chi connectivity index (χ2v) is 8.27. The maximum absolute atomic E-state index is 12.6. The van der Waals surface area contributed by atoms with Crippen LogP contribution in [0.5, 0.6) is 0 Å². The molecule has 3 aromatic heterocycles. The molecule has 0 unspecified atom stereocenters. The fraction of sp³-hybridized carbons (Fsp3) is 0.450. The van der Waals surface area contributed by atoms with Crippen molar-refractivity contribution in [1.29, 1.82) is 0 Å². The molecular weight excluding hydrogens is 370 g/mol. The van der Waals surface area contributed by atoms with Gasteiger partial charge in [0.1, 0.15) is 0 Å². The van der Waals surface area contributed by atoms with E-state index >= 15 is 0 Å². The van der Waals surface area contributed by atoms with Gasteiger partial charge in [-0.1, -0.05) is 0 Å². The van der Waals surface area contributed by atoms with Gasteiger partial charge in [0.05, 0.1) is 38.0 Å². The number of furan rings is 1. The lowest BCUT2D eigenvalue weighted by atomic mass is 10.0. The fourth-order valence-electron chi connectivity index (χ4n) is 3.81. The van der Waals surface area contributed by atoms with Crippen molar-refractivity contribution < 1.29 is 14.1 Å². The summed E-state index contributed by atoms with van der Waals surface area (Å²) in [6.45, 7) is 9.10. The minimum Gasteiger partial charge on any atom is -0.459 e. The van der Waals surface area contributed by atoms with Crippen molar-refractivity contribution in [2.24, 2.45) is 0 Å². The first-order chi connectivity index (χ1) is 13.9. The van der Waals surface area contributed by atoms with Crippen LogP contribution in [0.3, 0.4) is 0 Å². The van der Waals surface area contributed by atoms with Crippen LogP contribution in [-0.4, -0.2) is 62.2 Å². The lowest BCUT2D eigenvalue weighted by Crippen LogP contribution is -3.15. The summed E-state index contributed by atoms with van der Waals surface area (Å²) in [6, 6.07) is 7.38. The number of tetrazole rings is 1. The first-order valence-electron chi connectivity index (χ1n) is 9.81. The minimum absolute atomic E-state index is 0.0567. The molecule has 1 fully saturated rings. The Morgan fingerprint density at radius 3 is 2.62 bits per heavy atom. The molecule has 1 atom stereocenters. The number of rotatable bonds is 4. The third-order valence-corrected chi connectivity index (χ3v) is 5.24. The molecule has 0 aromatic carbocycles. The quantitative estimate of drug-likeness (QED) is 0.692. The van der Waals surface area contributed by atoms with E-state index in [4.69, 9.17) is 4.42 Å². The third kappa shape index (κ3) is 3.91. The Kier molecular flexibility index (Phi) is 5.14. The summed E-state index contributed by atoms with van der Waals surface area (Å²) in [5, 5.41) is 12.6. The van der Waals surface area contributed by atoms with Gasteiger partial charge >= 0.3 is 0 Å². The molecule has 0 bridgehead atoms. The van der Waals surface area contributed by atoms with E-state index in [0.29, 0.717) is 18.8 Å². The van der Waals surface area contributed by atoms with Gasteiger partial charge in [0.25, 0.3) is 5.91 Å². The molecule has 1 aliphatic rings. The Morgan fingerprint density at radius 2 is 2.00 bits per heavy atom. The van der Waals surface area contributed by atoms with Crippen molar-refractivity contribution in [3.63, 3.8) is 0 Å². The van der Waals surface area contributed by atoms with Gasteiger partial charge in [-0.2, -0.15) is 0 Å². The van der Waals surface area contributed by atoms with E-state index in [-0.39, 0.29) is 17.5 Å². The summed E-state index contributed by atoms with van der Waals surface area (Å²) in [6.07, 6.45) is 5.17. The van der Waals surface area contributed by atoms with Gasteiger partial charge in [0.15, 0.2) is 11.8 Å². The maximum atomic E-state index is 12.6. The van der Waals surface area contributed by atoms with Gasteiger partial charge in [0, 0.05) is 18.0 Å². The topological polar surface area (TPSA) is 94.4 Å². The van der Waals surface area contributed by atoms with E-state index in [9.17, 15) is 4.79 Å². The summed E-state index contributed by atoms with van der Waals surface area (Å²) in [7, 11) is 0. The van der Waals surface area contributed by atoms with E-state index in [1.165, 1.54) is 11.2 Å². The molecule has 4 rings (SSSR count). The molecule has 152 valence electrons. The number of pyridine rings is 1. The molecule has 0 aliphatic carbocycles. The minimum atomic E-state index is -0.240. The van der Waals surface area contributed by atoms with Gasteiger partial charge in [-0.3, -0.25) is 9.78 Å². The molecule has 0 saturated carbocycles. The number of nitrogens with one attached hydrogen (secondary N) is 1. The molecule has 4 heterocycles. The van der Waals surface area contributed by atoms with Gasteiger partial charge in [0.2, 0.25) is 5.82 Å². The van der Waals surface area contributed by atoms with Crippen molar-refractivity contribution in [1.82, 2.24) is 30.1 Å². The highest BCUT2D eigenvalue weighted by Crippen LogP contribution is 2.22. The van der Waals surface area contributed by atoms with Crippen LogP contribution in [0.15, 0.2) is 47.3 Å². The van der Waals surface area contributed by atoms with Crippen molar-refractivity contribution in [3.05, 3.63) is 60.1 Å². The summed E-state index contributed by atoms with van der Waals surface area (Å²) < 4.78 is 7.16. The highest BCUT2D eigenvalue weighted by molar-refractivity contribution is 5.91. The van der Waals surface area contributed by atoms with E-state index in [1.54, 1.807) is 18.3 Å². The van der Waals surface area contributed by atoms with Crippen LogP contribution in [0, 0.1) is 0 Å².